The number of ether oxygens (including phenoxy) is 2. The number of alkyl halides is 2. The molecule has 2 aromatic rings. The summed E-state index contributed by atoms with van der Waals surface area (Å²) >= 11 is 13.3. The molecule has 0 radical (unpaired) electrons. The van der Waals surface area contributed by atoms with Crippen molar-refractivity contribution >= 4 is 23.2 Å². The highest BCUT2D eigenvalue weighted by Crippen LogP contribution is 2.77. The van der Waals surface area contributed by atoms with Crippen LogP contribution in [0.2, 0.25) is 0 Å². The summed E-state index contributed by atoms with van der Waals surface area (Å²) in [5, 5.41) is 0. The van der Waals surface area contributed by atoms with Crippen molar-refractivity contribution in [1.82, 2.24) is 0 Å². The van der Waals surface area contributed by atoms with Gasteiger partial charge < -0.3 is 9.47 Å². The molecule has 0 amide bonds. The van der Waals surface area contributed by atoms with Gasteiger partial charge in [-0.1, -0.05) is 53.5 Å². The Hall–Kier alpha value is -1.29. The zero-order valence-electron chi connectivity index (χ0n) is 12.4. The van der Waals surface area contributed by atoms with E-state index in [4.69, 9.17) is 32.7 Å². The summed E-state index contributed by atoms with van der Waals surface area (Å²) in [6.45, 7) is 2.40. The predicted octanol–water partition coefficient (Wildman–Crippen LogP) is 4.99. The Balaban J connectivity index is 1.85. The van der Waals surface area contributed by atoms with Crippen molar-refractivity contribution < 1.29 is 13.9 Å². The molecular formula is C18H15Cl2FO2. The van der Waals surface area contributed by atoms with Gasteiger partial charge in [0.1, 0.15) is 23.3 Å². The van der Waals surface area contributed by atoms with Crippen molar-refractivity contribution in [3.8, 4) is 5.75 Å². The fourth-order valence-electron chi connectivity index (χ4n) is 3.64. The van der Waals surface area contributed by atoms with Gasteiger partial charge in [-0.2, -0.15) is 0 Å². The molecule has 1 fully saturated rings. The molecule has 23 heavy (non-hydrogen) atoms. The maximum absolute atomic E-state index is 13.2. The summed E-state index contributed by atoms with van der Waals surface area (Å²) in [5.41, 5.74) is 0.909. The molecule has 0 N–H and O–H groups in total. The minimum atomic E-state index is -1.09. The van der Waals surface area contributed by atoms with Crippen LogP contribution in [-0.4, -0.2) is 10.9 Å². The lowest BCUT2D eigenvalue weighted by molar-refractivity contribution is -0.0119. The normalized spacial score (nSPS) is 30.1. The molecule has 120 valence electrons. The summed E-state index contributed by atoms with van der Waals surface area (Å²) in [6.07, 6.45) is -0.382. The van der Waals surface area contributed by atoms with Gasteiger partial charge in [-0.25, -0.2) is 4.39 Å². The first kappa shape index (κ1) is 15.3. The third kappa shape index (κ3) is 1.97. The highest BCUT2D eigenvalue weighted by Gasteiger charge is 2.83. The monoisotopic (exact) mass is 352 g/mol. The van der Waals surface area contributed by atoms with E-state index in [0.717, 1.165) is 11.1 Å². The zero-order valence-corrected chi connectivity index (χ0v) is 13.9. The number of hydrogen-bond donors (Lipinski definition) is 0. The minimum Gasteiger partial charge on any atom is -0.485 e. The maximum atomic E-state index is 13.2. The van der Waals surface area contributed by atoms with Crippen LogP contribution in [0.4, 0.5) is 4.39 Å². The van der Waals surface area contributed by atoms with E-state index in [1.165, 1.54) is 12.1 Å². The number of benzene rings is 2. The third-order valence-electron chi connectivity index (χ3n) is 4.65. The molecule has 2 aromatic carbocycles. The lowest BCUT2D eigenvalue weighted by atomic mass is 9.95. The molecule has 2 nitrogen and oxygen atoms in total. The third-order valence-corrected chi connectivity index (χ3v) is 5.69. The van der Waals surface area contributed by atoms with Crippen molar-refractivity contribution in [2.75, 3.05) is 6.61 Å². The molecule has 0 spiro atoms. The predicted molar refractivity (Wildman–Crippen MR) is 87.4 cm³/mol. The highest BCUT2D eigenvalue weighted by molar-refractivity contribution is 6.52. The van der Waals surface area contributed by atoms with Crippen LogP contribution < -0.4 is 4.74 Å². The average molecular weight is 353 g/mol. The molecule has 2 aliphatic rings. The van der Waals surface area contributed by atoms with Crippen molar-refractivity contribution in [1.29, 1.82) is 0 Å². The first-order chi connectivity index (χ1) is 11.0. The van der Waals surface area contributed by atoms with E-state index in [-0.39, 0.29) is 17.8 Å². The Morgan fingerprint density at radius 2 is 1.83 bits per heavy atom. The second-order valence-electron chi connectivity index (χ2n) is 5.86. The quantitative estimate of drug-likeness (QED) is 0.724. The highest BCUT2D eigenvalue weighted by atomic mass is 35.5. The van der Waals surface area contributed by atoms with E-state index >= 15 is 0 Å². The maximum Gasteiger partial charge on any atom is 0.161 e. The second kappa shape index (κ2) is 5.10. The van der Waals surface area contributed by atoms with Gasteiger partial charge in [0.05, 0.1) is 5.92 Å². The van der Waals surface area contributed by atoms with Crippen molar-refractivity contribution in [3.05, 3.63) is 65.5 Å². The molecule has 0 unspecified atom stereocenters. The molecule has 1 aliphatic carbocycles. The molecule has 0 aromatic heterocycles. The summed E-state index contributed by atoms with van der Waals surface area (Å²) in [6, 6.07) is 13.9. The zero-order chi connectivity index (χ0) is 16.2. The van der Waals surface area contributed by atoms with Gasteiger partial charge in [0, 0.05) is 12.2 Å². The van der Waals surface area contributed by atoms with Gasteiger partial charge >= 0.3 is 0 Å². The standard InChI is InChI=1S/C18H15Cl2FO2/c1-2-22-17-13-5-3-4-6-14(13)23-15(16(17)18(17,19)20)11-7-9-12(21)10-8-11/h3-10,15-16H,2H2,1H3/t15-,16+,17+/m0/s1. The van der Waals surface area contributed by atoms with Gasteiger partial charge in [0.2, 0.25) is 0 Å². The lowest BCUT2D eigenvalue weighted by Crippen LogP contribution is -2.27. The van der Waals surface area contributed by atoms with Crippen LogP contribution in [0.15, 0.2) is 48.5 Å². The summed E-state index contributed by atoms with van der Waals surface area (Å²) in [7, 11) is 0. The Kier molecular flexibility index (Phi) is 3.38. The van der Waals surface area contributed by atoms with Crippen LogP contribution in [0, 0.1) is 11.7 Å². The second-order valence-corrected chi connectivity index (χ2v) is 7.24. The molecule has 1 saturated carbocycles. The van der Waals surface area contributed by atoms with Gasteiger partial charge in [0.25, 0.3) is 0 Å². The molecule has 1 aliphatic heterocycles. The van der Waals surface area contributed by atoms with Gasteiger partial charge in [-0.05, 0) is 30.7 Å². The van der Waals surface area contributed by atoms with Gasteiger partial charge in [0.15, 0.2) is 4.33 Å². The van der Waals surface area contributed by atoms with Crippen LogP contribution in [0.5, 0.6) is 5.75 Å². The SMILES string of the molecule is CCO[C@]12c3ccccc3O[C@@H](c3ccc(F)cc3)[C@H]1C2(Cl)Cl. The Morgan fingerprint density at radius 1 is 1.13 bits per heavy atom. The number of para-hydroxylation sites is 1. The molecule has 1 heterocycles. The fraction of sp³-hybridized carbons (Fsp3) is 0.333. The largest absolute Gasteiger partial charge is 0.485 e. The molecule has 0 saturated heterocycles. The van der Waals surface area contributed by atoms with Crippen LogP contribution in [0.3, 0.4) is 0 Å². The van der Waals surface area contributed by atoms with E-state index in [0.29, 0.717) is 12.4 Å². The van der Waals surface area contributed by atoms with Crippen LogP contribution in [-0.2, 0) is 10.3 Å². The number of hydrogen-bond acceptors (Lipinski definition) is 2. The average Bonchev–Trinajstić information content (AvgIpc) is 3.05. The molecular weight excluding hydrogens is 338 g/mol. The number of rotatable bonds is 3. The van der Waals surface area contributed by atoms with E-state index < -0.39 is 9.93 Å². The van der Waals surface area contributed by atoms with Crippen LogP contribution in [0.25, 0.3) is 0 Å². The molecule has 0 bridgehead atoms. The first-order valence-electron chi connectivity index (χ1n) is 7.55. The topological polar surface area (TPSA) is 18.5 Å². The van der Waals surface area contributed by atoms with E-state index in [1.807, 2.05) is 31.2 Å². The van der Waals surface area contributed by atoms with Gasteiger partial charge in [-0.3, -0.25) is 0 Å². The summed E-state index contributed by atoms with van der Waals surface area (Å²) in [4.78, 5) is 0. The van der Waals surface area contributed by atoms with Crippen LogP contribution >= 0.6 is 23.2 Å². The first-order valence-corrected chi connectivity index (χ1v) is 8.31. The fourth-order valence-corrected chi connectivity index (χ4v) is 4.62. The Labute approximate surface area is 144 Å². The lowest BCUT2D eigenvalue weighted by Gasteiger charge is -2.31. The Bertz CT molecular complexity index is 747. The molecule has 4 rings (SSSR count). The minimum absolute atomic E-state index is 0.251. The van der Waals surface area contributed by atoms with Crippen molar-refractivity contribution in [3.63, 3.8) is 0 Å². The summed E-state index contributed by atoms with van der Waals surface area (Å²) in [5.74, 6) is 0.160. The van der Waals surface area contributed by atoms with E-state index in [2.05, 4.69) is 0 Å². The van der Waals surface area contributed by atoms with Gasteiger partial charge in [-0.15, -0.1) is 0 Å². The number of fused-ring (bicyclic) bond motifs is 3. The number of halogens is 3. The Morgan fingerprint density at radius 3 is 2.52 bits per heavy atom. The van der Waals surface area contributed by atoms with E-state index in [9.17, 15) is 4.39 Å². The van der Waals surface area contributed by atoms with E-state index in [1.54, 1.807) is 12.1 Å². The van der Waals surface area contributed by atoms with Crippen LogP contribution in [0.1, 0.15) is 24.2 Å². The smallest absolute Gasteiger partial charge is 0.161 e. The van der Waals surface area contributed by atoms with Crippen molar-refractivity contribution in [2.24, 2.45) is 5.92 Å². The summed E-state index contributed by atoms with van der Waals surface area (Å²) < 4.78 is 24.3. The molecule has 3 atom stereocenters. The van der Waals surface area contributed by atoms with Crippen molar-refractivity contribution in [2.45, 2.75) is 23.0 Å². The molecule has 5 heteroatoms.